The second kappa shape index (κ2) is 7.09. The van der Waals surface area contributed by atoms with Gasteiger partial charge in [-0.1, -0.05) is 23.7 Å². The summed E-state index contributed by atoms with van der Waals surface area (Å²) in [5.41, 5.74) is 4.01. The number of para-hydroxylation sites is 1. The first-order valence-electron chi connectivity index (χ1n) is 8.89. The molecule has 3 heterocycles. The molecule has 2 aromatic heterocycles. The van der Waals surface area contributed by atoms with Crippen LogP contribution in [0.5, 0.6) is 0 Å². The number of carbonyl (C=O) groups is 1. The minimum atomic E-state index is -0.187. The number of hydrogen-bond acceptors (Lipinski definition) is 3. The molecule has 1 amide bonds. The van der Waals surface area contributed by atoms with Crippen LogP contribution in [-0.2, 0) is 0 Å². The monoisotopic (exact) mass is 368 g/mol. The van der Waals surface area contributed by atoms with E-state index in [2.05, 4.69) is 27.9 Å². The molecule has 6 heteroatoms. The average molecular weight is 369 g/mol. The molecule has 3 aromatic rings. The van der Waals surface area contributed by atoms with E-state index in [4.69, 9.17) is 11.6 Å². The fourth-order valence-corrected chi connectivity index (χ4v) is 3.80. The lowest BCUT2D eigenvalue weighted by Gasteiger charge is -2.23. The van der Waals surface area contributed by atoms with Gasteiger partial charge in [0.1, 0.15) is 0 Å². The third-order valence-electron chi connectivity index (χ3n) is 4.99. The van der Waals surface area contributed by atoms with Crippen LogP contribution in [0.4, 0.5) is 5.69 Å². The number of hydrogen-bond donors (Lipinski definition) is 2. The third kappa shape index (κ3) is 3.20. The van der Waals surface area contributed by atoms with Crippen molar-refractivity contribution in [2.45, 2.75) is 25.7 Å². The summed E-state index contributed by atoms with van der Waals surface area (Å²) in [6.07, 6.45) is 4.18. The van der Waals surface area contributed by atoms with Crippen LogP contribution < -0.4 is 10.6 Å². The van der Waals surface area contributed by atoms with Crippen LogP contribution in [0.15, 0.2) is 42.6 Å². The molecule has 1 aromatic carbocycles. The number of fused-ring (bicyclic) bond motifs is 1. The predicted octanol–water partition coefficient (Wildman–Crippen LogP) is 4.02. The highest BCUT2D eigenvalue weighted by molar-refractivity contribution is 6.34. The third-order valence-corrected chi connectivity index (χ3v) is 5.32. The first-order valence-corrected chi connectivity index (χ1v) is 9.27. The summed E-state index contributed by atoms with van der Waals surface area (Å²) in [6, 6.07) is 11.5. The molecule has 0 unspecified atom stereocenters. The molecule has 5 nitrogen and oxygen atoms in total. The Bertz CT molecular complexity index is 960. The minimum Gasteiger partial charge on any atom is -0.321 e. The second-order valence-corrected chi connectivity index (χ2v) is 7.12. The smallest absolute Gasteiger partial charge is 0.259 e. The lowest BCUT2D eigenvalue weighted by molar-refractivity contribution is 0.102. The fraction of sp³-hybridized carbons (Fsp3) is 0.300. The molecule has 1 aliphatic rings. The first kappa shape index (κ1) is 17.1. The van der Waals surface area contributed by atoms with Crippen LogP contribution >= 0.6 is 11.6 Å². The summed E-state index contributed by atoms with van der Waals surface area (Å²) >= 11 is 6.17. The van der Waals surface area contributed by atoms with Gasteiger partial charge in [-0.05, 0) is 68.6 Å². The van der Waals surface area contributed by atoms with E-state index in [9.17, 15) is 4.79 Å². The molecule has 4 rings (SSSR count). The zero-order valence-electron chi connectivity index (χ0n) is 14.6. The summed E-state index contributed by atoms with van der Waals surface area (Å²) in [4.78, 5) is 12.9. The minimum absolute atomic E-state index is 0.187. The van der Waals surface area contributed by atoms with Gasteiger partial charge in [-0.2, -0.15) is 5.10 Å². The van der Waals surface area contributed by atoms with Crippen LogP contribution in [0.3, 0.4) is 0 Å². The predicted molar refractivity (Wildman–Crippen MR) is 104 cm³/mol. The van der Waals surface area contributed by atoms with Crippen molar-refractivity contribution in [1.29, 1.82) is 0 Å². The summed E-state index contributed by atoms with van der Waals surface area (Å²) < 4.78 is 1.78. The van der Waals surface area contributed by atoms with Crippen molar-refractivity contribution in [3.63, 3.8) is 0 Å². The Morgan fingerprint density at radius 2 is 2.04 bits per heavy atom. The number of carbonyl (C=O) groups excluding carboxylic acids is 1. The maximum atomic E-state index is 12.9. The van der Waals surface area contributed by atoms with Crippen LogP contribution in [-0.4, -0.2) is 28.6 Å². The SMILES string of the molecule is Cc1nn2ccc(C3CCNCC3)cc2c1C(=O)Nc1ccccc1Cl. The summed E-state index contributed by atoms with van der Waals surface area (Å²) in [5.74, 6) is 0.337. The highest BCUT2D eigenvalue weighted by atomic mass is 35.5. The number of piperidine rings is 1. The number of anilines is 1. The van der Waals surface area contributed by atoms with E-state index < -0.39 is 0 Å². The quantitative estimate of drug-likeness (QED) is 0.734. The average Bonchev–Trinajstić information content (AvgIpc) is 2.99. The highest BCUT2D eigenvalue weighted by Gasteiger charge is 2.21. The molecule has 0 atom stereocenters. The van der Waals surface area contributed by atoms with Gasteiger partial charge in [-0.25, -0.2) is 4.52 Å². The number of nitrogens with zero attached hydrogens (tertiary/aromatic N) is 2. The van der Waals surface area contributed by atoms with Crippen LogP contribution in [0.25, 0.3) is 5.52 Å². The summed E-state index contributed by atoms with van der Waals surface area (Å²) in [5, 5.41) is 11.3. The first-order chi connectivity index (χ1) is 12.6. The van der Waals surface area contributed by atoms with Crippen molar-refractivity contribution >= 4 is 28.7 Å². The number of aromatic nitrogens is 2. The Morgan fingerprint density at radius 1 is 1.27 bits per heavy atom. The van der Waals surface area contributed by atoms with E-state index >= 15 is 0 Å². The molecule has 26 heavy (non-hydrogen) atoms. The molecule has 2 N–H and O–H groups in total. The Labute approximate surface area is 157 Å². The molecule has 1 aliphatic heterocycles. The molecule has 0 aliphatic carbocycles. The number of pyridine rings is 1. The number of amides is 1. The lowest BCUT2D eigenvalue weighted by Crippen LogP contribution is -2.26. The maximum Gasteiger partial charge on any atom is 0.259 e. The van der Waals surface area contributed by atoms with Crippen molar-refractivity contribution < 1.29 is 4.79 Å². The summed E-state index contributed by atoms with van der Waals surface area (Å²) in [6.45, 7) is 3.93. The van der Waals surface area contributed by atoms with Gasteiger partial charge in [0.2, 0.25) is 0 Å². The van der Waals surface area contributed by atoms with E-state index in [1.807, 2.05) is 25.3 Å². The summed E-state index contributed by atoms with van der Waals surface area (Å²) in [7, 11) is 0. The maximum absolute atomic E-state index is 12.9. The Morgan fingerprint density at radius 3 is 2.81 bits per heavy atom. The zero-order valence-corrected chi connectivity index (χ0v) is 15.4. The normalized spacial score (nSPS) is 15.3. The molecule has 134 valence electrons. The van der Waals surface area contributed by atoms with Gasteiger partial charge >= 0.3 is 0 Å². The van der Waals surface area contributed by atoms with Crippen LogP contribution in [0.2, 0.25) is 5.02 Å². The molecule has 1 fully saturated rings. The van der Waals surface area contributed by atoms with Crippen molar-refractivity contribution in [3.8, 4) is 0 Å². The molecular weight excluding hydrogens is 348 g/mol. The van der Waals surface area contributed by atoms with Gasteiger partial charge < -0.3 is 10.6 Å². The van der Waals surface area contributed by atoms with E-state index in [-0.39, 0.29) is 5.91 Å². The number of aryl methyl sites for hydroxylation is 1. The van der Waals surface area contributed by atoms with Crippen molar-refractivity contribution in [1.82, 2.24) is 14.9 Å². The van der Waals surface area contributed by atoms with Gasteiger partial charge in [0.25, 0.3) is 5.91 Å². The largest absolute Gasteiger partial charge is 0.321 e. The van der Waals surface area contributed by atoms with Gasteiger partial charge in [-0.15, -0.1) is 0 Å². The van der Waals surface area contributed by atoms with E-state index in [1.54, 1.807) is 16.6 Å². The number of benzene rings is 1. The van der Waals surface area contributed by atoms with Gasteiger partial charge in [-0.3, -0.25) is 4.79 Å². The van der Waals surface area contributed by atoms with Gasteiger partial charge in [0, 0.05) is 6.20 Å². The Balaban J connectivity index is 1.70. The molecule has 0 bridgehead atoms. The number of rotatable bonds is 3. The Kier molecular flexibility index (Phi) is 4.66. The zero-order chi connectivity index (χ0) is 18.1. The van der Waals surface area contributed by atoms with Gasteiger partial charge in [0.05, 0.1) is 27.5 Å². The standard InChI is InChI=1S/C20H21ClN4O/c1-13-19(20(26)23-17-5-3-2-4-16(17)21)18-12-15(8-11-25(18)24-13)14-6-9-22-10-7-14/h2-5,8,11-12,14,22H,6-7,9-10H2,1H3,(H,23,26). The molecule has 0 saturated carbocycles. The van der Waals surface area contributed by atoms with Crippen LogP contribution in [0.1, 0.15) is 40.4 Å². The molecule has 0 radical (unpaired) electrons. The highest BCUT2D eigenvalue weighted by Crippen LogP contribution is 2.28. The molecular formula is C20H21ClN4O. The van der Waals surface area contributed by atoms with Crippen molar-refractivity contribution in [2.24, 2.45) is 0 Å². The fourth-order valence-electron chi connectivity index (χ4n) is 3.62. The van der Waals surface area contributed by atoms with Gasteiger partial charge in [0.15, 0.2) is 0 Å². The molecule has 0 spiro atoms. The number of halogens is 1. The second-order valence-electron chi connectivity index (χ2n) is 6.71. The van der Waals surface area contributed by atoms with Crippen molar-refractivity contribution in [3.05, 3.63) is 64.4 Å². The van der Waals surface area contributed by atoms with Crippen LogP contribution in [0, 0.1) is 6.92 Å². The van der Waals surface area contributed by atoms with E-state index in [0.717, 1.165) is 31.4 Å². The van der Waals surface area contributed by atoms with E-state index in [1.165, 1.54) is 5.56 Å². The Hall–Kier alpha value is -2.37. The topological polar surface area (TPSA) is 58.4 Å². The molecule has 1 saturated heterocycles. The number of nitrogens with one attached hydrogen (secondary N) is 2. The van der Waals surface area contributed by atoms with E-state index in [0.29, 0.717) is 27.9 Å². The van der Waals surface area contributed by atoms with Crippen molar-refractivity contribution in [2.75, 3.05) is 18.4 Å². The lowest BCUT2D eigenvalue weighted by atomic mass is 9.90.